The third-order valence-electron chi connectivity index (χ3n) is 2.70. The Bertz CT molecular complexity index is 161. The van der Waals surface area contributed by atoms with Crippen LogP contribution in [0.25, 0.3) is 0 Å². The highest BCUT2D eigenvalue weighted by Gasteiger charge is 2.43. The van der Waals surface area contributed by atoms with Gasteiger partial charge in [0.25, 0.3) is 0 Å². The number of rotatable bonds is 3. The Kier molecular flexibility index (Phi) is 2.16. The fourth-order valence-electron chi connectivity index (χ4n) is 1.65. The molecule has 0 spiro atoms. The van der Waals surface area contributed by atoms with E-state index in [0.29, 0.717) is 0 Å². The Balaban J connectivity index is 2.53. The van der Waals surface area contributed by atoms with Crippen molar-refractivity contribution in [2.75, 3.05) is 0 Å². The van der Waals surface area contributed by atoms with E-state index < -0.39 is 17.6 Å². The Morgan fingerprint density at radius 1 is 1.73 bits per heavy atom. The highest BCUT2D eigenvalue weighted by atomic mass is 19.1. The van der Waals surface area contributed by atoms with E-state index in [9.17, 15) is 9.18 Å². The second kappa shape index (κ2) is 2.80. The van der Waals surface area contributed by atoms with E-state index in [4.69, 9.17) is 5.11 Å². The van der Waals surface area contributed by atoms with E-state index in [1.54, 1.807) is 0 Å². The lowest BCUT2D eigenvalue weighted by molar-refractivity contribution is -0.143. The molecule has 1 aliphatic rings. The number of carbonyl (C=O) groups is 1. The minimum atomic E-state index is -0.979. The van der Waals surface area contributed by atoms with Crippen molar-refractivity contribution >= 4 is 5.97 Å². The highest BCUT2D eigenvalue weighted by molar-refractivity contribution is 5.68. The SMILES string of the molecule is CC(F)C1(CC(=O)O)CCC1. The summed E-state index contributed by atoms with van der Waals surface area (Å²) in [5.41, 5.74) is -0.522. The first kappa shape index (κ1) is 8.50. The first-order valence-corrected chi connectivity index (χ1v) is 3.93. The highest BCUT2D eigenvalue weighted by Crippen LogP contribution is 2.47. The van der Waals surface area contributed by atoms with E-state index in [-0.39, 0.29) is 6.42 Å². The molecule has 0 aromatic rings. The Hall–Kier alpha value is -0.600. The molecule has 1 atom stereocenters. The van der Waals surface area contributed by atoms with Gasteiger partial charge in [-0.05, 0) is 19.8 Å². The van der Waals surface area contributed by atoms with Crippen LogP contribution in [0.1, 0.15) is 32.6 Å². The zero-order valence-electron chi connectivity index (χ0n) is 6.64. The summed E-state index contributed by atoms with van der Waals surface area (Å²) < 4.78 is 12.9. The topological polar surface area (TPSA) is 37.3 Å². The van der Waals surface area contributed by atoms with Crippen LogP contribution in [0.15, 0.2) is 0 Å². The van der Waals surface area contributed by atoms with Gasteiger partial charge in [-0.2, -0.15) is 0 Å². The van der Waals surface area contributed by atoms with Crippen LogP contribution >= 0.6 is 0 Å². The van der Waals surface area contributed by atoms with Gasteiger partial charge in [-0.15, -0.1) is 0 Å². The first-order chi connectivity index (χ1) is 5.07. The van der Waals surface area contributed by atoms with Crippen LogP contribution in [-0.4, -0.2) is 17.2 Å². The summed E-state index contributed by atoms with van der Waals surface area (Å²) in [6, 6.07) is 0. The molecular formula is C8H13FO2. The van der Waals surface area contributed by atoms with Crippen molar-refractivity contribution in [3.05, 3.63) is 0 Å². The molecule has 1 fully saturated rings. The molecule has 1 aliphatic carbocycles. The summed E-state index contributed by atoms with van der Waals surface area (Å²) in [7, 11) is 0. The molecule has 0 aliphatic heterocycles. The van der Waals surface area contributed by atoms with Gasteiger partial charge in [0.2, 0.25) is 0 Å². The largest absolute Gasteiger partial charge is 0.481 e. The van der Waals surface area contributed by atoms with E-state index in [2.05, 4.69) is 0 Å². The average Bonchev–Trinajstić information content (AvgIpc) is 1.77. The molecular weight excluding hydrogens is 147 g/mol. The lowest BCUT2D eigenvalue weighted by atomic mass is 9.64. The van der Waals surface area contributed by atoms with Crippen molar-refractivity contribution in [1.29, 1.82) is 0 Å². The maximum atomic E-state index is 12.9. The predicted octanol–water partition coefficient (Wildman–Crippen LogP) is 1.99. The Morgan fingerprint density at radius 3 is 2.36 bits per heavy atom. The average molecular weight is 160 g/mol. The van der Waals surface area contributed by atoms with E-state index in [0.717, 1.165) is 19.3 Å². The van der Waals surface area contributed by atoms with Gasteiger partial charge in [0.15, 0.2) is 0 Å². The van der Waals surface area contributed by atoms with Crippen LogP contribution in [0.4, 0.5) is 4.39 Å². The molecule has 1 rings (SSSR count). The fraction of sp³-hybridized carbons (Fsp3) is 0.875. The molecule has 0 aromatic carbocycles. The van der Waals surface area contributed by atoms with Crippen LogP contribution in [0.3, 0.4) is 0 Å². The number of hydrogen-bond acceptors (Lipinski definition) is 1. The molecule has 0 heterocycles. The van der Waals surface area contributed by atoms with Crippen LogP contribution in [-0.2, 0) is 4.79 Å². The van der Waals surface area contributed by atoms with Crippen molar-refractivity contribution < 1.29 is 14.3 Å². The zero-order valence-corrected chi connectivity index (χ0v) is 6.64. The van der Waals surface area contributed by atoms with Crippen molar-refractivity contribution in [1.82, 2.24) is 0 Å². The van der Waals surface area contributed by atoms with Gasteiger partial charge < -0.3 is 5.11 Å². The number of carboxylic acid groups (broad SMARTS) is 1. The maximum Gasteiger partial charge on any atom is 0.304 e. The van der Waals surface area contributed by atoms with Gasteiger partial charge in [-0.1, -0.05) is 6.42 Å². The molecule has 0 saturated heterocycles. The molecule has 3 heteroatoms. The molecule has 64 valence electrons. The van der Waals surface area contributed by atoms with Gasteiger partial charge in [0.05, 0.1) is 6.42 Å². The zero-order chi connectivity index (χ0) is 8.48. The summed E-state index contributed by atoms with van der Waals surface area (Å²) in [6.07, 6.45) is 1.45. The van der Waals surface area contributed by atoms with Gasteiger partial charge in [0.1, 0.15) is 6.17 Å². The number of alkyl halides is 1. The third-order valence-corrected chi connectivity index (χ3v) is 2.70. The second-order valence-corrected chi connectivity index (χ2v) is 3.40. The Labute approximate surface area is 65.4 Å². The number of halogens is 1. The van der Waals surface area contributed by atoms with Crippen LogP contribution in [0, 0.1) is 5.41 Å². The summed E-state index contributed by atoms with van der Waals surface area (Å²) >= 11 is 0. The third kappa shape index (κ3) is 1.52. The van der Waals surface area contributed by atoms with Crippen molar-refractivity contribution in [3.63, 3.8) is 0 Å². The second-order valence-electron chi connectivity index (χ2n) is 3.40. The number of hydrogen-bond donors (Lipinski definition) is 1. The van der Waals surface area contributed by atoms with Gasteiger partial charge in [-0.25, -0.2) is 4.39 Å². The van der Waals surface area contributed by atoms with Crippen molar-refractivity contribution in [3.8, 4) is 0 Å². The molecule has 0 amide bonds. The maximum absolute atomic E-state index is 12.9. The molecule has 0 radical (unpaired) electrons. The molecule has 1 unspecified atom stereocenters. The van der Waals surface area contributed by atoms with Gasteiger partial charge in [-0.3, -0.25) is 4.79 Å². The van der Waals surface area contributed by atoms with Crippen molar-refractivity contribution in [2.24, 2.45) is 5.41 Å². The lowest BCUT2D eigenvalue weighted by Gasteiger charge is -2.42. The minimum absolute atomic E-state index is 0.00926. The molecule has 11 heavy (non-hydrogen) atoms. The lowest BCUT2D eigenvalue weighted by Crippen LogP contribution is -2.39. The first-order valence-electron chi connectivity index (χ1n) is 3.93. The fourth-order valence-corrected chi connectivity index (χ4v) is 1.65. The van der Waals surface area contributed by atoms with Crippen LogP contribution < -0.4 is 0 Å². The smallest absolute Gasteiger partial charge is 0.304 e. The summed E-state index contributed by atoms with van der Waals surface area (Å²) in [6.45, 7) is 1.46. The molecule has 2 nitrogen and oxygen atoms in total. The van der Waals surface area contributed by atoms with E-state index >= 15 is 0 Å². The van der Waals surface area contributed by atoms with E-state index in [1.807, 2.05) is 0 Å². The summed E-state index contributed by atoms with van der Waals surface area (Å²) in [4.78, 5) is 10.3. The normalized spacial score (nSPS) is 23.8. The number of aliphatic carboxylic acids is 1. The Morgan fingerprint density at radius 2 is 2.27 bits per heavy atom. The molecule has 0 bridgehead atoms. The van der Waals surface area contributed by atoms with Crippen molar-refractivity contribution in [2.45, 2.75) is 38.8 Å². The van der Waals surface area contributed by atoms with E-state index in [1.165, 1.54) is 6.92 Å². The summed E-state index contributed by atoms with van der Waals surface area (Å²) in [5.74, 6) is -0.880. The van der Waals surface area contributed by atoms with Crippen LogP contribution in [0.5, 0.6) is 0 Å². The molecule has 1 saturated carbocycles. The standard InChI is InChI=1S/C8H13FO2/c1-6(9)8(3-2-4-8)5-7(10)11/h6H,2-5H2,1H3,(H,10,11). The predicted molar refractivity (Wildman–Crippen MR) is 39.1 cm³/mol. The van der Waals surface area contributed by atoms with Gasteiger partial charge in [0, 0.05) is 5.41 Å². The van der Waals surface area contributed by atoms with Gasteiger partial charge >= 0.3 is 5.97 Å². The molecule has 0 aromatic heterocycles. The monoisotopic (exact) mass is 160 g/mol. The molecule has 1 N–H and O–H groups in total. The van der Waals surface area contributed by atoms with Crippen LogP contribution in [0.2, 0.25) is 0 Å². The quantitative estimate of drug-likeness (QED) is 0.685. The summed E-state index contributed by atoms with van der Waals surface area (Å²) in [5, 5.41) is 8.50. The minimum Gasteiger partial charge on any atom is -0.481 e. The number of carboxylic acids is 1.